The lowest BCUT2D eigenvalue weighted by atomic mass is 10.3. The maximum atomic E-state index is 5.21. The number of quaternary nitrogens is 3. The molecule has 18 N–H and O–H groups in total. The number of thioether (sulfide) groups is 2. The van der Waals surface area contributed by atoms with Crippen molar-refractivity contribution in [3.63, 3.8) is 0 Å². The average molecular weight is 1790 g/mol. The lowest BCUT2D eigenvalue weighted by Gasteiger charge is -2.24. The minimum Gasteiger partial charge on any atom is -0.364 e. The number of aliphatic imine (C=N–C) groups is 2. The van der Waals surface area contributed by atoms with Crippen LogP contribution in [0.15, 0.2) is 50.8 Å². The molecule has 3 rings (SSSR count). The van der Waals surface area contributed by atoms with Gasteiger partial charge in [0.15, 0.2) is 40.9 Å². The summed E-state index contributed by atoms with van der Waals surface area (Å²) in [6.07, 6.45) is 0. The van der Waals surface area contributed by atoms with Gasteiger partial charge < -0.3 is 75.6 Å². The Morgan fingerprint density at radius 3 is 0.781 bits per heavy atom. The second-order valence-corrected chi connectivity index (χ2v) is 34.8. The first-order valence-corrected chi connectivity index (χ1v) is 40.7. The molecule has 3 aliphatic rings. The molecule has 2 fully saturated rings. The van der Waals surface area contributed by atoms with E-state index in [4.69, 9.17) is 97.7 Å². The second-order valence-electron chi connectivity index (χ2n) is 29.0. The number of hydrogen-bond donors (Lipinski definition) is 18. The van der Waals surface area contributed by atoms with Crippen molar-refractivity contribution in [2.75, 3.05) is 233 Å². The number of nitrogens with one attached hydrogen (secondary N) is 18. The molecule has 47 heteroatoms. The summed E-state index contributed by atoms with van der Waals surface area (Å²) in [5.41, 5.74) is 37.2. The third-order valence-corrected chi connectivity index (χ3v) is 19.2. The lowest BCUT2D eigenvalue weighted by Crippen LogP contribution is -2.44. The summed E-state index contributed by atoms with van der Waals surface area (Å²) < 4.78 is 6.69. The van der Waals surface area contributed by atoms with E-state index >= 15 is 0 Å². The van der Waals surface area contributed by atoms with Gasteiger partial charge in [0, 0.05) is 80.8 Å². The molecular formula is C67H144N37S10+5. The largest absolute Gasteiger partial charge is 0.518 e. The highest BCUT2D eigenvalue weighted by Crippen LogP contribution is 2.48. The number of likely N-dealkylation sites (N-methyl/N-ethyl adjacent to an activating group) is 7. The van der Waals surface area contributed by atoms with Gasteiger partial charge in [-0.2, -0.15) is 40.8 Å². The van der Waals surface area contributed by atoms with Crippen molar-refractivity contribution in [1.29, 1.82) is 0 Å². The van der Waals surface area contributed by atoms with Crippen LogP contribution in [0.2, 0.25) is 0 Å². The molecular weight excluding hydrogens is 1640 g/mol. The second kappa shape index (κ2) is 61.0. The van der Waals surface area contributed by atoms with Gasteiger partial charge in [-0.3, -0.25) is 53.4 Å². The molecule has 1 atom stereocenters. The lowest BCUT2D eigenvalue weighted by molar-refractivity contribution is -0.869. The number of thiocarbonyl (C=S) groups is 8. The van der Waals surface area contributed by atoms with E-state index in [9.17, 15) is 0 Å². The van der Waals surface area contributed by atoms with Crippen molar-refractivity contribution in [2.24, 2.45) is 50.8 Å². The molecule has 0 saturated carbocycles. The van der Waals surface area contributed by atoms with Crippen LogP contribution in [0, 0.1) is 0 Å². The van der Waals surface area contributed by atoms with Gasteiger partial charge in [-0.15, -0.1) is 10.9 Å². The Morgan fingerprint density at radius 1 is 0.360 bits per heavy atom. The van der Waals surface area contributed by atoms with Crippen LogP contribution in [0.4, 0.5) is 0 Å². The van der Waals surface area contributed by atoms with Gasteiger partial charge in [-0.1, -0.05) is 14.9 Å². The van der Waals surface area contributed by atoms with Crippen LogP contribution >= 0.6 is 121 Å². The van der Waals surface area contributed by atoms with E-state index < -0.39 is 0 Å². The number of amidine groups is 2. The highest BCUT2D eigenvalue weighted by molar-refractivity contribution is 8.30. The SMILES string of the molecule is C.C.CC(=N\NC(=S)NCCN(C)C)/C(C)=N/NC(=S)NCCN(C)C.CC(=N\NC(=S)NCC[N+](C)(C)C)/C(C)=N/NC(=S)NCC[N+](C)(C)C.CN=C1N[N+]2=C(C)C(C)=[N+]3NC(=NCCN(C)C)SC23S1.CNC(=S)N/N=C(C)/C(C)=N/NC(=S)NCCN(C)C.CNC(=S)N/N=C(C)/C(C)=N/NC(=S)NCC[N+](C)(C)C. The summed E-state index contributed by atoms with van der Waals surface area (Å²) in [5.74, 6) is 0. The number of nitrogens with zero attached hydrogens (tertiary/aromatic N) is 19. The molecule has 0 aliphatic carbocycles. The molecule has 37 nitrogen and oxygen atoms in total. The van der Waals surface area contributed by atoms with Gasteiger partial charge in [0.1, 0.15) is 0 Å². The quantitative estimate of drug-likeness (QED) is 0.0143. The van der Waals surface area contributed by atoms with Crippen molar-refractivity contribution in [1.82, 2.24) is 116 Å². The van der Waals surface area contributed by atoms with Gasteiger partial charge in [0.05, 0.1) is 178 Å². The van der Waals surface area contributed by atoms with Crippen LogP contribution in [0.5, 0.6) is 0 Å². The Morgan fingerprint density at radius 2 is 0.570 bits per heavy atom. The van der Waals surface area contributed by atoms with Gasteiger partial charge in [-0.25, -0.2) is 0 Å². The molecule has 0 aromatic heterocycles. The maximum absolute atomic E-state index is 5.21. The smallest absolute Gasteiger partial charge is 0.364 e. The fourth-order valence-corrected chi connectivity index (χ4v) is 10.9. The van der Waals surface area contributed by atoms with Crippen LogP contribution in [-0.4, -0.2) is 388 Å². The minimum atomic E-state index is -0.278. The van der Waals surface area contributed by atoms with Gasteiger partial charge in [-0.05, 0) is 219 Å². The molecule has 652 valence electrons. The predicted octanol–water partition coefficient (Wildman–Crippen LogP) is 0.965. The first-order valence-electron chi connectivity index (χ1n) is 35.8. The van der Waals surface area contributed by atoms with Crippen LogP contribution < -0.4 is 96.8 Å². The van der Waals surface area contributed by atoms with Crippen molar-refractivity contribution in [3.8, 4) is 0 Å². The zero-order chi connectivity index (χ0) is 86.1. The third kappa shape index (κ3) is 56.8. The highest BCUT2D eigenvalue weighted by atomic mass is 32.2. The Labute approximate surface area is 735 Å². The Balaban J connectivity index is -0.000000662. The molecule has 0 bridgehead atoms. The normalized spacial score (nSPS) is 15.8. The Hall–Kier alpha value is -6.42. The van der Waals surface area contributed by atoms with Gasteiger partial charge in [0.2, 0.25) is 10.3 Å². The van der Waals surface area contributed by atoms with Crippen molar-refractivity contribution in [2.45, 2.75) is 88.4 Å². The Kier molecular flexibility index (Phi) is 60.9. The zero-order valence-electron chi connectivity index (χ0n) is 72.0. The van der Waals surface area contributed by atoms with Gasteiger partial charge >= 0.3 is 4.33 Å². The molecule has 3 aliphatic heterocycles. The van der Waals surface area contributed by atoms with E-state index in [1.807, 2.05) is 105 Å². The summed E-state index contributed by atoms with van der Waals surface area (Å²) in [4.78, 5) is 17.3. The van der Waals surface area contributed by atoms with E-state index in [0.717, 1.165) is 144 Å². The van der Waals surface area contributed by atoms with E-state index in [2.05, 4.69) is 268 Å². The summed E-state index contributed by atoms with van der Waals surface area (Å²) >= 11 is 44.2. The highest BCUT2D eigenvalue weighted by Gasteiger charge is 2.74. The van der Waals surface area contributed by atoms with Gasteiger partial charge in [0.25, 0.3) is 11.4 Å². The molecule has 0 amide bonds. The molecule has 2 saturated heterocycles. The van der Waals surface area contributed by atoms with Crippen molar-refractivity contribution < 1.29 is 22.8 Å². The maximum Gasteiger partial charge on any atom is 0.518 e. The number of rotatable bonds is 33. The Bertz CT molecular complexity index is 3340. The summed E-state index contributed by atoms with van der Waals surface area (Å²) in [6, 6.07) is 0. The monoisotopic (exact) mass is 1790 g/mol. The molecule has 3 heterocycles. The summed E-state index contributed by atoms with van der Waals surface area (Å²) in [5, 5.41) is 63.2. The van der Waals surface area contributed by atoms with Crippen LogP contribution in [0.25, 0.3) is 0 Å². The predicted molar refractivity (Wildman–Crippen MR) is 525 cm³/mol. The summed E-state index contributed by atoms with van der Waals surface area (Å²) in [6.45, 7) is 30.9. The fourth-order valence-electron chi connectivity index (χ4n) is 7.13. The van der Waals surface area contributed by atoms with Crippen LogP contribution in [-0.2, 0) is 0 Å². The van der Waals surface area contributed by atoms with E-state index in [1.54, 1.807) is 37.6 Å². The van der Waals surface area contributed by atoms with Crippen LogP contribution in [0.1, 0.15) is 84.1 Å². The number of hydrazone groups is 10. The molecule has 0 aromatic rings. The zero-order valence-corrected chi connectivity index (χ0v) is 80.1. The molecule has 0 radical (unpaired) electrons. The fraction of sp³-hybridized carbons (Fsp3) is 0.701. The van der Waals surface area contributed by atoms with E-state index in [1.165, 1.54) is 11.4 Å². The molecule has 1 unspecified atom stereocenters. The summed E-state index contributed by atoms with van der Waals surface area (Å²) in [7, 11) is 40.6. The molecule has 1 spiro atoms. The average Bonchev–Trinajstić information content (AvgIpc) is 1.55. The molecule has 114 heavy (non-hydrogen) atoms. The van der Waals surface area contributed by atoms with Crippen LogP contribution in [0.3, 0.4) is 0 Å². The minimum absolute atomic E-state index is 0. The standard InChI is InChI=1S/C16H34N8S2.C14H30N8S2.C12H20N7S2.C12H25N7S2.C11H23N7S2.2CH4/c1-13(19-21-15(25)17-9-11-23(3,4)5)14(2)20-22-16(26)18-10-12-24(6,7)8;1-11(17-19-13(23)15-7-9-21(3)4)12(2)18-20-14(24)16-8-10-22(5)6;1-8-9(2)19-12(18(8)15-10(13-3)20-12)21-11(16-19)14-6-7-17(4)5;1-9(15-17-11(20)13-3)10(2)16-18-12(21)14-7-8-19(4,5)6;1-8(14-16-10(19)12-3)9(2)15-17-11(20)13-6-7-18(4)5;;/h9-12H2,1-8H3,(H2-2,17,18,19,20,21,22,25,26);7-10H2,1-6H3,(H2,15,19,23)(H2,16,20,24);6-7H2,1-5H3,(H,14,16);7-8H2,1-6H3,(H3-,13,14,15,16,17,18,20,21);6-7H2,1-5H3,(H2,12,16,19)(H2,13,17,20);2*1H4/q;;+1;;;;/p+4/b;17-11+,18-12+;;;14-8+,15-9+;;. The first kappa shape index (κ1) is 114. The third-order valence-electron chi connectivity index (χ3n) is 14.5. The number of hydrazine groups is 2. The van der Waals surface area contributed by atoms with E-state index in [-0.39, 0.29) is 19.2 Å². The first-order chi connectivity index (χ1) is 52.0. The number of hydrogen-bond acceptors (Lipinski definition) is 24. The topological polar surface area (TPSA) is 359 Å². The van der Waals surface area contributed by atoms with E-state index in [0.29, 0.717) is 58.0 Å². The van der Waals surface area contributed by atoms with Crippen molar-refractivity contribution >= 4 is 230 Å². The molecule has 0 aromatic carbocycles. The van der Waals surface area contributed by atoms with Crippen molar-refractivity contribution in [3.05, 3.63) is 0 Å².